The van der Waals surface area contributed by atoms with Gasteiger partial charge >= 0.3 is 25.0 Å². The van der Waals surface area contributed by atoms with Crippen molar-refractivity contribution in [2.45, 2.75) is 26.1 Å². The van der Waals surface area contributed by atoms with E-state index in [4.69, 9.17) is 4.74 Å². The molecule has 0 atom stereocenters. The third-order valence-corrected chi connectivity index (χ3v) is 1.67. The molecule has 0 saturated carbocycles. The first-order valence-corrected chi connectivity index (χ1v) is 4.50. The molecule has 0 aliphatic heterocycles. The topological polar surface area (TPSA) is 9.23 Å². The molecule has 0 fully saturated rings. The molecule has 0 aliphatic rings. The average molecular weight is 224 g/mol. The molecule has 0 aromatic heterocycles. The van der Waals surface area contributed by atoms with Crippen LogP contribution in [0.5, 0.6) is 5.75 Å². The van der Waals surface area contributed by atoms with E-state index in [2.05, 4.69) is 6.92 Å². The van der Waals surface area contributed by atoms with Crippen LogP contribution in [-0.2, 0) is 6.18 Å². The molecule has 1 nitrogen and oxygen atoms in total. The fourth-order valence-electron chi connectivity index (χ4n) is 1.16. The summed E-state index contributed by atoms with van der Waals surface area (Å²) in [5.41, 5.74) is -0.439. The van der Waals surface area contributed by atoms with Gasteiger partial charge in [-0.15, -0.1) is 6.07 Å². The molecule has 0 spiro atoms. The third-order valence-electron chi connectivity index (χ3n) is 1.67. The smallest absolute Gasteiger partial charge is 0.504 e. The fourth-order valence-corrected chi connectivity index (χ4v) is 1.16. The predicted molar refractivity (Wildman–Crippen MR) is 51.7 cm³/mol. The van der Waals surface area contributed by atoms with Crippen molar-refractivity contribution in [1.82, 2.24) is 0 Å². The van der Waals surface area contributed by atoms with Crippen molar-refractivity contribution in [3.8, 4) is 5.75 Å². The standard InChI is InChI=1S/C11H12F3O.Li/c1-7(2)15-10-5-8(3)4-9(6-10)11(12,13)14;/h4-7H,3H2,1-2H3;/q-1;+1. The van der Waals surface area contributed by atoms with Gasteiger partial charge in [0.2, 0.25) is 0 Å². The maximum atomic E-state index is 12.4. The van der Waals surface area contributed by atoms with Crippen molar-refractivity contribution in [3.63, 3.8) is 0 Å². The Labute approximate surface area is 105 Å². The van der Waals surface area contributed by atoms with Gasteiger partial charge in [0.25, 0.3) is 0 Å². The SMILES string of the molecule is [CH2-]c1cc(OC(C)C)cc(C(F)(F)F)c1.[Li+]. The molecule has 0 bridgehead atoms. The summed E-state index contributed by atoms with van der Waals surface area (Å²) in [4.78, 5) is 0. The van der Waals surface area contributed by atoms with Gasteiger partial charge in [0.15, 0.2) is 0 Å². The van der Waals surface area contributed by atoms with Gasteiger partial charge in [-0.05, 0) is 19.9 Å². The molecule has 0 heterocycles. The number of alkyl halides is 3. The summed E-state index contributed by atoms with van der Waals surface area (Å²) in [6, 6.07) is 3.46. The van der Waals surface area contributed by atoms with E-state index in [0.29, 0.717) is 5.56 Å². The van der Waals surface area contributed by atoms with Crippen LogP contribution in [0.4, 0.5) is 13.2 Å². The van der Waals surface area contributed by atoms with Crippen LogP contribution in [0.15, 0.2) is 18.2 Å². The molecule has 16 heavy (non-hydrogen) atoms. The summed E-state index contributed by atoms with van der Waals surface area (Å²) >= 11 is 0. The molecule has 84 valence electrons. The quantitative estimate of drug-likeness (QED) is 0.530. The Morgan fingerprint density at radius 1 is 1.19 bits per heavy atom. The molecule has 0 N–H and O–H groups in total. The van der Waals surface area contributed by atoms with E-state index in [1.54, 1.807) is 13.8 Å². The van der Waals surface area contributed by atoms with E-state index < -0.39 is 11.7 Å². The molecule has 1 rings (SSSR count). The third kappa shape index (κ3) is 4.42. The van der Waals surface area contributed by atoms with Gasteiger partial charge in [-0.1, -0.05) is 0 Å². The van der Waals surface area contributed by atoms with E-state index in [1.807, 2.05) is 0 Å². The van der Waals surface area contributed by atoms with Gasteiger partial charge in [0.05, 0.1) is 11.9 Å². The maximum absolute atomic E-state index is 12.4. The molecule has 1 aromatic carbocycles. The van der Waals surface area contributed by atoms with Crippen LogP contribution in [0.25, 0.3) is 0 Å². The van der Waals surface area contributed by atoms with Crippen LogP contribution in [-0.4, -0.2) is 6.10 Å². The normalized spacial score (nSPS) is 11.1. The molecule has 0 radical (unpaired) electrons. The number of hydrogen-bond donors (Lipinski definition) is 0. The zero-order valence-electron chi connectivity index (χ0n) is 9.56. The number of halogens is 3. The Morgan fingerprint density at radius 3 is 2.19 bits per heavy atom. The number of benzene rings is 1. The Hall–Kier alpha value is -0.723. The van der Waals surface area contributed by atoms with Crippen molar-refractivity contribution >= 4 is 0 Å². The minimum absolute atomic E-state index is 0. The second-order valence-corrected chi connectivity index (χ2v) is 3.53. The van der Waals surface area contributed by atoms with Crippen LogP contribution in [0, 0.1) is 6.92 Å². The van der Waals surface area contributed by atoms with Crippen molar-refractivity contribution in [2.75, 3.05) is 0 Å². The molecule has 5 heteroatoms. The number of hydrogen-bond acceptors (Lipinski definition) is 1. The van der Waals surface area contributed by atoms with Crippen molar-refractivity contribution in [1.29, 1.82) is 0 Å². The van der Waals surface area contributed by atoms with Gasteiger partial charge in [0, 0.05) is 5.56 Å². The first kappa shape index (κ1) is 15.3. The van der Waals surface area contributed by atoms with Crippen molar-refractivity contribution in [3.05, 3.63) is 36.2 Å². The van der Waals surface area contributed by atoms with Gasteiger partial charge in [-0.25, -0.2) is 0 Å². The first-order chi connectivity index (χ1) is 6.79. The Balaban J connectivity index is 0.00000225. The number of ether oxygens (including phenoxy) is 1. The largest absolute Gasteiger partial charge is 1.00 e. The Morgan fingerprint density at radius 2 is 1.75 bits per heavy atom. The molecule has 0 aliphatic carbocycles. The summed E-state index contributed by atoms with van der Waals surface area (Å²) in [6.07, 6.45) is -4.52. The summed E-state index contributed by atoms with van der Waals surface area (Å²) < 4.78 is 42.4. The Kier molecular flexibility index (Phi) is 5.31. The molecule has 0 saturated heterocycles. The summed E-state index contributed by atoms with van der Waals surface area (Å²) in [5.74, 6) is 0.199. The minimum atomic E-state index is -4.36. The monoisotopic (exact) mass is 224 g/mol. The molecular weight excluding hydrogens is 212 g/mol. The fraction of sp³-hybridized carbons (Fsp3) is 0.364. The van der Waals surface area contributed by atoms with Crippen LogP contribution in [0.2, 0.25) is 0 Å². The van der Waals surface area contributed by atoms with Gasteiger partial charge in [0.1, 0.15) is 0 Å². The molecule has 0 amide bonds. The second kappa shape index (κ2) is 5.56. The van der Waals surface area contributed by atoms with Crippen LogP contribution in [0.1, 0.15) is 25.0 Å². The first-order valence-electron chi connectivity index (χ1n) is 4.50. The van der Waals surface area contributed by atoms with Crippen LogP contribution >= 0.6 is 0 Å². The van der Waals surface area contributed by atoms with E-state index in [1.165, 1.54) is 6.07 Å². The number of rotatable bonds is 2. The molecule has 0 unspecified atom stereocenters. The van der Waals surface area contributed by atoms with E-state index in [0.717, 1.165) is 12.1 Å². The van der Waals surface area contributed by atoms with Gasteiger partial charge < -0.3 is 4.74 Å². The summed E-state index contributed by atoms with van der Waals surface area (Å²) in [5, 5.41) is 0. The average Bonchev–Trinajstić information content (AvgIpc) is 1.99. The van der Waals surface area contributed by atoms with E-state index >= 15 is 0 Å². The van der Waals surface area contributed by atoms with Crippen molar-refractivity contribution in [2.24, 2.45) is 0 Å². The second-order valence-electron chi connectivity index (χ2n) is 3.53. The van der Waals surface area contributed by atoms with Gasteiger partial charge in [-0.2, -0.15) is 31.7 Å². The van der Waals surface area contributed by atoms with E-state index in [-0.39, 0.29) is 30.7 Å². The van der Waals surface area contributed by atoms with E-state index in [9.17, 15) is 13.2 Å². The van der Waals surface area contributed by atoms with Crippen molar-refractivity contribution < 1.29 is 36.8 Å². The van der Waals surface area contributed by atoms with Gasteiger partial charge in [-0.3, -0.25) is 0 Å². The molecular formula is C11H12F3LiO. The zero-order valence-corrected chi connectivity index (χ0v) is 9.56. The Bertz CT molecular complexity index is 348. The maximum Gasteiger partial charge on any atom is 1.00 e. The summed E-state index contributed by atoms with van der Waals surface area (Å²) in [6.45, 7) is 6.99. The minimum Gasteiger partial charge on any atom is -0.504 e. The zero-order chi connectivity index (χ0) is 11.6. The molecule has 1 aromatic rings. The van der Waals surface area contributed by atoms with Crippen LogP contribution < -0.4 is 23.6 Å². The van der Waals surface area contributed by atoms with Crippen LogP contribution in [0.3, 0.4) is 0 Å². The summed E-state index contributed by atoms with van der Waals surface area (Å²) in [7, 11) is 0. The predicted octanol–water partition coefficient (Wildman–Crippen LogP) is 0.679.